The first-order valence-electron chi connectivity index (χ1n) is 6.63. The van der Waals surface area contributed by atoms with Crippen LogP contribution in [0, 0.1) is 0 Å². The fourth-order valence-electron chi connectivity index (χ4n) is 2.10. The minimum absolute atomic E-state index is 0.248. The lowest BCUT2D eigenvalue weighted by Crippen LogP contribution is -2.14. The van der Waals surface area contributed by atoms with Crippen molar-refractivity contribution in [2.45, 2.75) is 6.92 Å². The van der Waals surface area contributed by atoms with Crippen LogP contribution in [0.2, 0.25) is 0 Å². The molecular formula is C15H14N4O2. The summed E-state index contributed by atoms with van der Waals surface area (Å²) >= 11 is 0. The number of pyridine rings is 1. The maximum Gasteiger partial charge on any atom is 0.257 e. The summed E-state index contributed by atoms with van der Waals surface area (Å²) in [5.41, 5.74) is 1.31. The van der Waals surface area contributed by atoms with Crippen LogP contribution < -0.4 is 10.6 Å². The molecule has 0 fully saturated rings. The van der Waals surface area contributed by atoms with E-state index in [1.807, 2.05) is 31.2 Å². The molecule has 0 aliphatic heterocycles. The summed E-state index contributed by atoms with van der Waals surface area (Å²) in [5.74, 6) is 0.800. The average molecular weight is 282 g/mol. The van der Waals surface area contributed by atoms with Crippen LogP contribution in [0.25, 0.3) is 10.9 Å². The van der Waals surface area contributed by atoms with Gasteiger partial charge in [0, 0.05) is 18.0 Å². The van der Waals surface area contributed by atoms with E-state index in [9.17, 15) is 4.79 Å². The molecule has 0 aliphatic rings. The molecule has 0 saturated carbocycles. The van der Waals surface area contributed by atoms with Crippen molar-refractivity contribution in [3.05, 3.63) is 48.2 Å². The minimum Gasteiger partial charge on any atom is -0.370 e. The number of nitrogens with one attached hydrogen (secondary N) is 2. The first kappa shape index (κ1) is 13.1. The van der Waals surface area contributed by atoms with Crippen LogP contribution in [0.1, 0.15) is 17.3 Å². The summed E-state index contributed by atoms with van der Waals surface area (Å²) in [6.07, 6.45) is 1.41. The zero-order chi connectivity index (χ0) is 14.7. The van der Waals surface area contributed by atoms with Crippen LogP contribution in [-0.4, -0.2) is 22.6 Å². The number of hydrogen-bond acceptors (Lipinski definition) is 5. The second kappa shape index (κ2) is 5.62. The van der Waals surface area contributed by atoms with Gasteiger partial charge in [0.1, 0.15) is 12.1 Å². The number of hydrogen-bond donors (Lipinski definition) is 2. The molecular weight excluding hydrogens is 268 g/mol. The van der Waals surface area contributed by atoms with E-state index >= 15 is 0 Å². The van der Waals surface area contributed by atoms with Gasteiger partial charge in [-0.1, -0.05) is 23.4 Å². The third kappa shape index (κ3) is 2.69. The molecule has 0 saturated heterocycles. The number of aromatic nitrogens is 2. The number of fused-ring (bicyclic) bond motifs is 1. The monoisotopic (exact) mass is 282 g/mol. The van der Waals surface area contributed by atoms with Gasteiger partial charge in [-0.3, -0.25) is 4.79 Å². The van der Waals surface area contributed by atoms with Gasteiger partial charge in [-0.05, 0) is 19.1 Å². The Bertz CT molecular complexity index is 768. The van der Waals surface area contributed by atoms with Gasteiger partial charge in [0.15, 0.2) is 5.82 Å². The molecule has 2 aromatic heterocycles. The first-order valence-corrected chi connectivity index (χ1v) is 6.63. The van der Waals surface area contributed by atoms with E-state index < -0.39 is 0 Å². The van der Waals surface area contributed by atoms with Gasteiger partial charge in [0.05, 0.1) is 11.1 Å². The van der Waals surface area contributed by atoms with Gasteiger partial charge in [-0.25, -0.2) is 4.98 Å². The summed E-state index contributed by atoms with van der Waals surface area (Å²) in [5, 5.41) is 10.3. The predicted octanol–water partition coefficient (Wildman–Crippen LogP) is 2.91. The van der Waals surface area contributed by atoms with Gasteiger partial charge in [0.2, 0.25) is 0 Å². The maximum atomic E-state index is 12.4. The summed E-state index contributed by atoms with van der Waals surface area (Å²) in [6.45, 7) is 2.71. The number of amides is 1. The van der Waals surface area contributed by atoms with Gasteiger partial charge >= 0.3 is 0 Å². The van der Waals surface area contributed by atoms with Gasteiger partial charge in [0.25, 0.3) is 5.91 Å². The van der Waals surface area contributed by atoms with Crippen molar-refractivity contribution in [1.29, 1.82) is 0 Å². The van der Waals surface area contributed by atoms with Crippen molar-refractivity contribution in [2.75, 3.05) is 17.2 Å². The highest BCUT2D eigenvalue weighted by atomic mass is 16.5. The minimum atomic E-state index is -0.248. The van der Waals surface area contributed by atoms with E-state index in [2.05, 4.69) is 20.8 Å². The standard InChI is InChI=1S/C15H14N4O2/c1-2-16-14-9-11(10-5-3-4-6-12(10)17-14)15(20)18-13-7-8-21-19-13/h3-9H,2H2,1H3,(H,16,17)(H,18,19,20). The number of carbonyl (C=O) groups excluding carboxylic acids is 1. The van der Waals surface area contributed by atoms with Crippen molar-refractivity contribution in [3.8, 4) is 0 Å². The third-order valence-corrected chi connectivity index (χ3v) is 3.00. The van der Waals surface area contributed by atoms with E-state index in [0.717, 1.165) is 17.4 Å². The lowest BCUT2D eigenvalue weighted by atomic mass is 10.1. The molecule has 106 valence electrons. The Morgan fingerprint density at radius 1 is 1.24 bits per heavy atom. The van der Waals surface area contributed by atoms with Crippen LogP contribution in [0.5, 0.6) is 0 Å². The van der Waals surface area contributed by atoms with Crippen LogP contribution in [0.3, 0.4) is 0 Å². The molecule has 6 nitrogen and oxygen atoms in total. The summed E-state index contributed by atoms with van der Waals surface area (Å²) < 4.78 is 4.71. The smallest absolute Gasteiger partial charge is 0.257 e. The van der Waals surface area contributed by atoms with Crippen LogP contribution in [-0.2, 0) is 0 Å². The lowest BCUT2D eigenvalue weighted by molar-refractivity contribution is 0.102. The molecule has 0 spiro atoms. The molecule has 6 heteroatoms. The molecule has 21 heavy (non-hydrogen) atoms. The third-order valence-electron chi connectivity index (χ3n) is 3.00. The molecule has 0 bridgehead atoms. The van der Waals surface area contributed by atoms with Crippen molar-refractivity contribution in [3.63, 3.8) is 0 Å². The lowest BCUT2D eigenvalue weighted by Gasteiger charge is -2.09. The highest BCUT2D eigenvalue weighted by Crippen LogP contribution is 2.21. The molecule has 3 aromatic rings. The van der Waals surface area contributed by atoms with Gasteiger partial charge in [-0.15, -0.1) is 0 Å². The fourth-order valence-corrected chi connectivity index (χ4v) is 2.10. The average Bonchev–Trinajstić information content (AvgIpc) is 2.99. The number of para-hydroxylation sites is 1. The molecule has 2 N–H and O–H groups in total. The first-order chi connectivity index (χ1) is 10.3. The topological polar surface area (TPSA) is 80.0 Å². The Morgan fingerprint density at radius 3 is 2.86 bits per heavy atom. The maximum absolute atomic E-state index is 12.4. The predicted molar refractivity (Wildman–Crippen MR) is 80.4 cm³/mol. The van der Waals surface area contributed by atoms with Crippen LogP contribution in [0.15, 0.2) is 47.2 Å². The van der Waals surface area contributed by atoms with Crippen molar-refractivity contribution in [1.82, 2.24) is 10.1 Å². The highest BCUT2D eigenvalue weighted by molar-refractivity contribution is 6.12. The van der Waals surface area contributed by atoms with E-state index in [4.69, 9.17) is 4.52 Å². The number of benzene rings is 1. The number of anilines is 2. The summed E-state index contributed by atoms with van der Waals surface area (Å²) in [4.78, 5) is 16.9. The molecule has 1 amide bonds. The second-order valence-electron chi connectivity index (χ2n) is 4.44. The van der Waals surface area contributed by atoms with E-state index in [1.54, 1.807) is 12.1 Å². The van der Waals surface area contributed by atoms with E-state index in [0.29, 0.717) is 17.2 Å². The Balaban J connectivity index is 2.04. The number of nitrogens with zero attached hydrogens (tertiary/aromatic N) is 2. The molecule has 2 heterocycles. The zero-order valence-electron chi connectivity index (χ0n) is 11.5. The van der Waals surface area contributed by atoms with E-state index in [-0.39, 0.29) is 5.91 Å². The van der Waals surface area contributed by atoms with Crippen molar-refractivity contribution in [2.24, 2.45) is 0 Å². The van der Waals surface area contributed by atoms with Gasteiger partial charge in [-0.2, -0.15) is 0 Å². The molecule has 0 atom stereocenters. The van der Waals surface area contributed by atoms with Crippen LogP contribution >= 0.6 is 0 Å². The molecule has 0 unspecified atom stereocenters. The molecule has 1 aromatic carbocycles. The quantitative estimate of drug-likeness (QED) is 0.769. The van der Waals surface area contributed by atoms with Gasteiger partial charge < -0.3 is 15.2 Å². The summed E-state index contributed by atoms with van der Waals surface area (Å²) in [7, 11) is 0. The summed E-state index contributed by atoms with van der Waals surface area (Å²) in [6, 6.07) is 10.8. The van der Waals surface area contributed by atoms with Crippen molar-refractivity contribution < 1.29 is 9.32 Å². The highest BCUT2D eigenvalue weighted by Gasteiger charge is 2.14. The van der Waals surface area contributed by atoms with Crippen molar-refractivity contribution >= 4 is 28.4 Å². The van der Waals surface area contributed by atoms with Crippen LogP contribution in [0.4, 0.5) is 11.6 Å². The Kier molecular flexibility index (Phi) is 3.51. The SMILES string of the molecule is CCNc1cc(C(=O)Nc2ccon2)c2ccccc2n1. The second-order valence-corrected chi connectivity index (χ2v) is 4.44. The normalized spacial score (nSPS) is 10.5. The number of rotatable bonds is 4. The Labute approximate surface area is 121 Å². The fraction of sp³-hybridized carbons (Fsp3) is 0.133. The molecule has 3 rings (SSSR count). The molecule has 0 aliphatic carbocycles. The Morgan fingerprint density at radius 2 is 2.10 bits per heavy atom. The molecule has 0 radical (unpaired) electrons. The Hall–Kier alpha value is -2.89. The van der Waals surface area contributed by atoms with E-state index in [1.165, 1.54) is 6.26 Å². The zero-order valence-corrected chi connectivity index (χ0v) is 11.5. The number of carbonyl (C=O) groups is 1. The largest absolute Gasteiger partial charge is 0.370 e.